The van der Waals surface area contributed by atoms with Gasteiger partial charge in [-0.05, 0) is 79.8 Å². The van der Waals surface area contributed by atoms with Crippen LogP contribution < -0.4 is 0 Å². The Morgan fingerprint density at radius 1 is 0.933 bits per heavy atom. The lowest BCUT2D eigenvalue weighted by atomic mass is 9.99. The van der Waals surface area contributed by atoms with E-state index in [0.29, 0.717) is 17.3 Å². The third-order valence-corrected chi connectivity index (χ3v) is 7.03. The predicted octanol–water partition coefficient (Wildman–Crippen LogP) is 5.24. The zero-order valence-corrected chi connectivity index (χ0v) is 17.8. The van der Waals surface area contributed by atoms with Crippen molar-refractivity contribution in [3.63, 3.8) is 0 Å². The maximum Gasteiger partial charge on any atom is 0.268 e. The lowest BCUT2D eigenvalue weighted by Crippen LogP contribution is -2.12. The average Bonchev–Trinajstić information content (AvgIpc) is 3.04. The molecule has 0 amide bonds. The summed E-state index contributed by atoms with van der Waals surface area (Å²) in [6, 6.07) is 14.5. The van der Waals surface area contributed by atoms with Crippen LogP contribution in [0.1, 0.15) is 27.8 Å². The van der Waals surface area contributed by atoms with Crippen molar-refractivity contribution in [2.24, 2.45) is 0 Å². The van der Waals surface area contributed by atoms with Crippen molar-refractivity contribution in [2.45, 2.75) is 32.1 Å². The Kier molecular flexibility index (Phi) is 4.90. The number of benzene rings is 3. The van der Waals surface area contributed by atoms with Crippen molar-refractivity contribution >= 4 is 20.9 Å². The van der Waals surface area contributed by atoms with Crippen LogP contribution in [-0.4, -0.2) is 17.5 Å². The molecule has 1 N–H and O–H groups in total. The van der Waals surface area contributed by atoms with E-state index >= 15 is 0 Å². The van der Waals surface area contributed by atoms with Gasteiger partial charge in [-0.3, -0.25) is 0 Å². The third kappa shape index (κ3) is 3.48. The third-order valence-electron chi connectivity index (χ3n) is 5.34. The Balaban J connectivity index is 1.88. The second-order valence-electron chi connectivity index (χ2n) is 7.68. The number of aryl methyl sites for hydroxylation is 3. The first-order valence-corrected chi connectivity index (χ1v) is 11.0. The highest BCUT2D eigenvalue weighted by Crippen LogP contribution is 2.30. The van der Waals surface area contributed by atoms with Crippen LogP contribution in [0, 0.1) is 26.6 Å². The number of phenolic OH excluding ortho intramolecular Hbond substituents is 1. The van der Waals surface area contributed by atoms with Gasteiger partial charge >= 0.3 is 0 Å². The minimum atomic E-state index is -3.88. The van der Waals surface area contributed by atoms with E-state index in [0.717, 1.165) is 31.8 Å². The highest BCUT2D eigenvalue weighted by Gasteiger charge is 2.22. The minimum absolute atomic E-state index is 0.150. The summed E-state index contributed by atoms with van der Waals surface area (Å²) in [4.78, 5) is 0.150. The predicted molar refractivity (Wildman–Crippen MR) is 116 cm³/mol. The van der Waals surface area contributed by atoms with Crippen LogP contribution in [-0.2, 0) is 16.4 Å². The van der Waals surface area contributed by atoms with E-state index in [9.17, 15) is 17.9 Å². The number of hydrogen-bond donors (Lipinski definition) is 1. The summed E-state index contributed by atoms with van der Waals surface area (Å²) in [6.45, 7) is 5.54. The van der Waals surface area contributed by atoms with Crippen molar-refractivity contribution in [3.8, 4) is 5.75 Å². The maximum atomic E-state index is 14.0. The molecule has 0 atom stereocenters. The standard InChI is InChI=1S/C24H22FNO3S/c1-15-4-7-21(8-5-15)30(28,29)26-14-19(22-9-6-20(25)13-23(22)26)12-18-10-16(2)24(27)17(3)11-18/h4-11,13-14,27H,12H2,1-3H3. The van der Waals surface area contributed by atoms with Gasteiger partial charge < -0.3 is 5.11 Å². The van der Waals surface area contributed by atoms with Crippen molar-refractivity contribution < 1.29 is 17.9 Å². The summed E-state index contributed by atoms with van der Waals surface area (Å²) in [6.07, 6.45) is 2.03. The molecule has 0 saturated heterocycles. The molecule has 0 aliphatic heterocycles. The monoisotopic (exact) mass is 423 g/mol. The molecule has 0 unspecified atom stereocenters. The van der Waals surface area contributed by atoms with Gasteiger partial charge in [-0.2, -0.15) is 0 Å². The van der Waals surface area contributed by atoms with Gasteiger partial charge in [0.15, 0.2) is 0 Å². The molecule has 4 aromatic rings. The molecule has 3 aromatic carbocycles. The second-order valence-corrected chi connectivity index (χ2v) is 9.50. The molecule has 0 bridgehead atoms. The van der Waals surface area contributed by atoms with Crippen LogP contribution in [0.25, 0.3) is 10.9 Å². The van der Waals surface area contributed by atoms with E-state index in [1.165, 1.54) is 12.1 Å². The summed E-state index contributed by atoms with van der Waals surface area (Å²) in [7, 11) is -3.88. The second kappa shape index (κ2) is 7.29. The van der Waals surface area contributed by atoms with Crippen LogP contribution in [0.15, 0.2) is 65.7 Å². The highest BCUT2D eigenvalue weighted by molar-refractivity contribution is 7.90. The number of nitrogens with zero attached hydrogens (tertiary/aromatic N) is 1. The molecule has 6 heteroatoms. The van der Waals surface area contributed by atoms with Crippen LogP contribution in [0.4, 0.5) is 4.39 Å². The van der Waals surface area contributed by atoms with E-state index in [2.05, 4.69) is 0 Å². The van der Waals surface area contributed by atoms with E-state index in [1.54, 1.807) is 36.5 Å². The number of aromatic hydroxyl groups is 1. The molecule has 1 aromatic heterocycles. The zero-order chi connectivity index (χ0) is 21.6. The van der Waals surface area contributed by atoms with Crippen molar-refractivity contribution in [2.75, 3.05) is 0 Å². The number of halogens is 1. The zero-order valence-electron chi connectivity index (χ0n) is 17.0. The molecule has 154 valence electrons. The van der Waals surface area contributed by atoms with Gasteiger partial charge in [-0.1, -0.05) is 29.8 Å². The Morgan fingerprint density at radius 3 is 2.20 bits per heavy atom. The lowest BCUT2D eigenvalue weighted by molar-refractivity contribution is 0.466. The summed E-state index contributed by atoms with van der Waals surface area (Å²) >= 11 is 0. The van der Waals surface area contributed by atoms with Gasteiger partial charge in [0.05, 0.1) is 10.4 Å². The molecule has 4 nitrogen and oxygen atoms in total. The van der Waals surface area contributed by atoms with Gasteiger partial charge in [0, 0.05) is 11.6 Å². The Labute approximate surface area is 175 Å². The highest BCUT2D eigenvalue weighted by atomic mass is 32.2. The summed E-state index contributed by atoms with van der Waals surface area (Å²) < 4.78 is 41.8. The number of hydrogen-bond acceptors (Lipinski definition) is 3. The first-order valence-electron chi connectivity index (χ1n) is 9.57. The van der Waals surface area contributed by atoms with E-state index in [-0.39, 0.29) is 10.6 Å². The first kappa shape index (κ1) is 20.2. The summed E-state index contributed by atoms with van der Waals surface area (Å²) in [5.74, 6) is -0.242. The Bertz CT molecular complexity index is 1350. The molecule has 1 heterocycles. The maximum absolute atomic E-state index is 14.0. The number of phenols is 1. The largest absolute Gasteiger partial charge is 0.507 e. The fraction of sp³-hybridized carbons (Fsp3) is 0.167. The molecule has 0 spiro atoms. The quantitative estimate of drug-likeness (QED) is 0.488. The van der Waals surface area contributed by atoms with Gasteiger partial charge in [0.25, 0.3) is 10.0 Å². The average molecular weight is 424 g/mol. The SMILES string of the molecule is Cc1ccc(S(=O)(=O)n2cc(Cc3cc(C)c(O)c(C)c3)c3ccc(F)cc32)cc1. The number of fused-ring (bicyclic) bond motifs is 1. The van der Waals surface area contributed by atoms with Crippen molar-refractivity contribution in [3.05, 3.63) is 94.4 Å². The molecule has 0 saturated carbocycles. The summed E-state index contributed by atoms with van der Waals surface area (Å²) in [5, 5.41) is 10.7. The molecular weight excluding hydrogens is 401 g/mol. The fourth-order valence-corrected chi connectivity index (χ4v) is 5.15. The Hall–Kier alpha value is -3.12. The van der Waals surface area contributed by atoms with Crippen LogP contribution in [0.5, 0.6) is 5.75 Å². The molecule has 0 aliphatic carbocycles. The van der Waals surface area contributed by atoms with Crippen LogP contribution in [0.3, 0.4) is 0 Å². The minimum Gasteiger partial charge on any atom is -0.507 e. The lowest BCUT2D eigenvalue weighted by Gasteiger charge is -2.08. The smallest absolute Gasteiger partial charge is 0.268 e. The van der Waals surface area contributed by atoms with Crippen LogP contribution in [0.2, 0.25) is 0 Å². The van der Waals surface area contributed by atoms with E-state index in [4.69, 9.17) is 0 Å². The summed E-state index contributed by atoms with van der Waals surface area (Å²) in [5.41, 5.74) is 4.48. The van der Waals surface area contributed by atoms with Gasteiger partial charge in [0.1, 0.15) is 11.6 Å². The normalized spacial score (nSPS) is 11.9. The topological polar surface area (TPSA) is 59.3 Å². The fourth-order valence-electron chi connectivity index (χ4n) is 3.77. The van der Waals surface area contributed by atoms with Crippen molar-refractivity contribution in [1.29, 1.82) is 0 Å². The molecular formula is C24H22FNO3S. The van der Waals surface area contributed by atoms with Gasteiger partial charge in [-0.15, -0.1) is 0 Å². The number of aromatic nitrogens is 1. The Morgan fingerprint density at radius 2 is 1.57 bits per heavy atom. The molecule has 4 rings (SSSR count). The van der Waals surface area contributed by atoms with Crippen molar-refractivity contribution in [1.82, 2.24) is 3.97 Å². The van der Waals surface area contributed by atoms with E-state index in [1.807, 2.05) is 32.9 Å². The molecule has 0 fully saturated rings. The molecule has 0 aliphatic rings. The van der Waals surface area contributed by atoms with Gasteiger partial charge in [0.2, 0.25) is 0 Å². The first-order chi connectivity index (χ1) is 14.2. The number of rotatable bonds is 4. The van der Waals surface area contributed by atoms with Gasteiger partial charge in [-0.25, -0.2) is 16.8 Å². The van der Waals surface area contributed by atoms with Crippen LogP contribution >= 0.6 is 0 Å². The molecule has 0 radical (unpaired) electrons. The molecule has 30 heavy (non-hydrogen) atoms. The van der Waals surface area contributed by atoms with E-state index < -0.39 is 15.8 Å².